The van der Waals surface area contributed by atoms with Crippen LogP contribution in [0.1, 0.15) is 12.5 Å². The van der Waals surface area contributed by atoms with E-state index in [0.29, 0.717) is 5.75 Å². The number of halogens is 3. The van der Waals surface area contributed by atoms with E-state index in [1.807, 2.05) is 0 Å². The molecule has 1 N–H and O–H groups in total. The van der Waals surface area contributed by atoms with Gasteiger partial charge in [-0.2, -0.15) is 8.78 Å². The lowest BCUT2D eigenvalue weighted by Gasteiger charge is -2.30. The highest BCUT2D eigenvalue weighted by molar-refractivity contribution is 9.10. The van der Waals surface area contributed by atoms with Crippen LogP contribution in [0.5, 0.6) is 11.5 Å². The smallest absolute Gasteiger partial charge is 0.333 e. The van der Waals surface area contributed by atoms with Crippen LogP contribution in [0.25, 0.3) is 0 Å². The highest BCUT2D eigenvalue weighted by atomic mass is 79.9. The normalized spacial score (nSPS) is 15.2. The molecule has 17 heavy (non-hydrogen) atoms. The molecule has 0 spiro atoms. The van der Waals surface area contributed by atoms with Crippen molar-refractivity contribution in [2.75, 3.05) is 14.2 Å². The molecule has 1 aromatic carbocycles. The van der Waals surface area contributed by atoms with Crippen molar-refractivity contribution in [3.63, 3.8) is 0 Å². The van der Waals surface area contributed by atoms with Crippen molar-refractivity contribution in [1.29, 1.82) is 0 Å². The predicted molar refractivity (Wildman–Crippen MR) is 63.0 cm³/mol. The van der Waals surface area contributed by atoms with E-state index < -0.39 is 10.4 Å². The highest BCUT2D eigenvalue weighted by Crippen LogP contribution is 2.45. The van der Waals surface area contributed by atoms with E-state index in [2.05, 4.69) is 15.9 Å². The maximum Gasteiger partial charge on any atom is 0.333 e. The van der Waals surface area contributed by atoms with Crippen LogP contribution >= 0.6 is 15.9 Å². The Balaban J connectivity index is 3.31. The van der Waals surface area contributed by atoms with E-state index in [-0.39, 0.29) is 11.3 Å². The summed E-state index contributed by atoms with van der Waals surface area (Å²) in [6, 6.07) is 4.25. The number of aliphatic hydroxyl groups is 1. The lowest BCUT2D eigenvalue weighted by molar-refractivity contribution is -0.110. The molecule has 3 nitrogen and oxygen atoms in total. The molecule has 1 unspecified atom stereocenters. The van der Waals surface area contributed by atoms with E-state index in [0.717, 1.165) is 6.92 Å². The van der Waals surface area contributed by atoms with E-state index in [1.54, 1.807) is 0 Å². The van der Waals surface area contributed by atoms with Crippen LogP contribution in [0, 0.1) is 0 Å². The zero-order valence-electron chi connectivity index (χ0n) is 9.63. The Kier molecular flexibility index (Phi) is 3.99. The summed E-state index contributed by atoms with van der Waals surface area (Å²) in [6.45, 7) is 1.01. The molecule has 0 fully saturated rings. The second-order valence-electron chi connectivity index (χ2n) is 3.64. The first-order valence-corrected chi connectivity index (χ1v) is 5.55. The summed E-state index contributed by atoms with van der Waals surface area (Å²) in [6.07, 6.45) is 0. The first-order valence-electron chi connectivity index (χ1n) is 4.75. The Hall–Kier alpha value is -0.880. The van der Waals surface area contributed by atoms with Gasteiger partial charge in [0.1, 0.15) is 11.5 Å². The Morgan fingerprint density at radius 2 is 1.82 bits per heavy atom. The minimum atomic E-state index is -3.47. The summed E-state index contributed by atoms with van der Waals surface area (Å²) < 4.78 is 36.5. The maximum atomic E-state index is 13.3. The van der Waals surface area contributed by atoms with Gasteiger partial charge in [-0.05, 0) is 35.0 Å². The van der Waals surface area contributed by atoms with Gasteiger partial charge in [0.25, 0.3) is 0 Å². The van der Waals surface area contributed by atoms with Gasteiger partial charge in [-0.15, -0.1) is 0 Å². The average Bonchev–Trinajstić information content (AvgIpc) is 2.26. The summed E-state index contributed by atoms with van der Waals surface area (Å²) in [5, 5.41) is 9.88. The second kappa shape index (κ2) is 4.78. The third kappa shape index (κ3) is 2.69. The highest BCUT2D eigenvalue weighted by Gasteiger charge is 2.49. The molecule has 0 saturated heterocycles. The molecule has 0 heterocycles. The van der Waals surface area contributed by atoms with Crippen molar-refractivity contribution in [3.05, 3.63) is 23.8 Å². The molecule has 0 bridgehead atoms. The van der Waals surface area contributed by atoms with Crippen LogP contribution in [-0.2, 0) is 5.60 Å². The van der Waals surface area contributed by atoms with E-state index >= 15 is 0 Å². The molecule has 0 aliphatic heterocycles. The fourth-order valence-corrected chi connectivity index (χ4v) is 1.57. The van der Waals surface area contributed by atoms with Gasteiger partial charge in [0, 0.05) is 11.6 Å². The van der Waals surface area contributed by atoms with Gasteiger partial charge < -0.3 is 14.6 Å². The molecule has 1 atom stereocenters. The molecular formula is C11H13BrF2O3. The first kappa shape index (κ1) is 14.2. The number of benzene rings is 1. The molecule has 6 heteroatoms. The SMILES string of the molecule is COc1ccc(C(C)(O)C(F)(F)Br)c(OC)c1. The summed E-state index contributed by atoms with van der Waals surface area (Å²) in [4.78, 5) is -3.47. The standard InChI is InChI=1S/C11H13BrF2O3/c1-10(15,11(12,13)14)8-5-4-7(16-2)6-9(8)17-3/h4-6,15H,1-3H3. The van der Waals surface area contributed by atoms with E-state index in [1.165, 1.54) is 32.4 Å². The number of rotatable bonds is 4. The number of alkyl halides is 3. The van der Waals surface area contributed by atoms with Crippen LogP contribution in [0.2, 0.25) is 0 Å². The van der Waals surface area contributed by atoms with Gasteiger partial charge >= 0.3 is 4.83 Å². The molecular weight excluding hydrogens is 298 g/mol. The number of ether oxygens (including phenoxy) is 2. The molecule has 1 aromatic rings. The van der Waals surface area contributed by atoms with Crippen LogP contribution in [0.15, 0.2) is 18.2 Å². The molecule has 0 aromatic heterocycles. The minimum absolute atomic E-state index is 0.0253. The fourth-order valence-electron chi connectivity index (χ4n) is 1.35. The topological polar surface area (TPSA) is 38.7 Å². The minimum Gasteiger partial charge on any atom is -0.497 e. The summed E-state index contributed by atoms with van der Waals surface area (Å²) in [7, 11) is 2.78. The Morgan fingerprint density at radius 1 is 1.24 bits per heavy atom. The number of hydrogen-bond acceptors (Lipinski definition) is 3. The Morgan fingerprint density at radius 3 is 2.24 bits per heavy atom. The van der Waals surface area contributed by atoms with Crippen molar-refractivity contribution in [2.24, 2.45) is 0 Å². The van der Waals surface area contributed by atoms with Crippen molar-refractivity contribution in [3.8, 4) is 11.5 Å². The third-order valence-electron chi connectivity index (χ3n) is 2.49. The lowest BCUT2D eigenvalue weighted by atomic mass is 9.95. The van der Waals surface area contributed by atoms with Crippen LogP contribution in [-0.4, -0.2) is 24.2 Å². The van der Waals surface area contributed by atoms with Crippen molar-refractivity contribution < 1.29 is 23.4 Å². The second-order valence-corrected chi connectivity index (χ2v) is 4.63. The number of hydrogen-bond donors (Lipinski definition) is 1. The van der Waals surface area contributed by atoms with Gasteiger partial charge in [0.05, 0.1) is 14.2 Å². The number of methoxy groups -OCH3 is 2. The quantitative estimate of drug-likeness (QED) is 0.869. The molecule has 0 aliphatic carbocycles. The molecule has 0 aliphatic rings. The summed E-state index contributed by atoms with van der Waals surface area (Å²) in [5.41, 5.74) is -2.41. The van der Waals surface area contributed by atoms with Gasteiger partial charge in [-0.1, -0.05) is 0 Å². The Labute approximate surface area is 106 Å². The maximum absolute atomic E-state index is 13.3. The van der Waals surface area contributed by atoms with Gasteiger partial charge in [0.15, 0.2) is 5.60 Å². The van der Waals surface area contributed by atoms with Crippen molar-refractivity contribution in [2.45, 2.75) is 17.4 Å². The first-order chi connectivity index (χ1) is 7.74. The fraction of sp³-hybridized carbons (Fsp3) is 0.455. The Bertz CT molecular complexity index is 402. The average molecular weight is 311 g/mol. The zero-order chi connectivity index (χ0) is 13.3. The predicted octanol–water partition coefficient (Wildman–Crippen LogP) is 2.90. The van der Waals surface area contributed by atoms with Crippen LogP contribution < -0.4 is 9.47 Å². The van der Waals surface area contributed by atoms with Crippen molar-refractivity contribution >= 4 is 15.9 Å². The van der Waals surface area contributed by atoms with Gasteiger partial charge in [0.2, 0.25) is 0 Å². The zero-order valence-corrected chi connectivity index (χ0v) is 11.2. The van der Waals surface area contributed by atoms with Gasteiger partial charge in [-0.25, -0.2) is 0 Å². The van der Waals surface area contributed by atoms with Crippen LogP contribution in [0.4, 0.5) is 8.78 Å². The molecule has 0 saturated carbocycles. The third-order valence-corrected chi connectivity index (χ3v) is 3.26. The summed E-state index contributed by atoms with van der Waals surface area (Å²) >= 11 is 2.17. The molecule has 0 radical (unpaired) electrons. The largest absolute Gasteiger partial charge is 0.497 e. The van der Waals surface area contributed by atoms with Crippen LogP contribution in [0.3, 0.4) is 0 Å². The van der Waals surface area contributed by atoms with E-state index in [4.69, 9.17) is 9.47 Å². The molecule has 96 valence electrons. The molecule has 1 rings (SSSR count). The monoisotopic (exact) mass is 310 g/mol. The van der Waals surface area contributed by atoms with E-state index in [9.17, 15) is 13.9 Å². The lowest BCUT2D eigenvalue weighted by Crippen LogP contribution is -2.38. The van der Waals surface area contributed by atoms with Crippen molar-refractivity contribution in [1.82, 2.24) is 0 Å². The van der Waals surface area contributed by atoms with Gasteiger partial charge in [-0.3, -0.25) is 0 Å². The summed E-state index contributed by atoms with van der Waals surface area (Å²) in [5.74, 6) is 0.591. The molecule has 0 amide bonds.